The van der Waals surface area contributed by atoms with Gasteiger partial charge in [0, 0.05) is 0 Å². The standard InChI is InChI=1S/C14H17NO2Se/c1-11(2)13-5-3-12(4-6-13)9-17-14(16)7-8-18-10-15/h3,7-8,13H,1,4-6,9H2,2H3/b8-7-. The van der Waals surface area contributed by atoms with E-state index < -0.39 is 0 Å². The van der Waals surface area contributed by atoms with Gasteiger partial charge in [0.05, 0.1) is 0 Å². The molecule has 0 amide bonds. The van der Waals surface area contributed by atoms with Crippen LogP contribution in [0.25, 0.3) is 0 Å². The van der Waals surface area contributed by atoms with E-state index >= 15 is 0 Å². The Bertz CT molecular complexity index is 418. The molecule has 1 unspecified atom stereocenters. The molecule has 0 spiro atoms. The second kappa shape index (κ2) is 7.92. The number of nitrogens with zero attached hydrogens (tertiary/aromatic N) is 1. The number of rotatable bonds is 5. The van der Waals surface area contributed by atoms with Crippen LogP contribution < -0.4 is 0 Å². The summed E-state index contributed by atoms with van der Waals surface area (Å²) in [5.74, 6) is 0.206. The minimum atomic E-state index is -0.366. The summed E-state index contributed by atoms with van der Waals surface area (Å²) in [5, 5.41) is 8.34. The predicted octanol–water partition coefficient (Wildman–Crippen LogP) is 2.53. The van der Waals surface area contributed by atoms with Gasteiger partial charge < -0.3 is 0 Å². The van der Waals surface area contributed by atoms with E-state index in [-0.39, 0.29) is 20.9 Å². The van der Waals surface area contributed by atoms with Crippen molar-refractivity contribution in [1.82, 2.24) is 0 Å². The number of hydrogen-bond acceptors (Lipinski definition) is 3. The third-order valence-electron chi connectivity index (χ3n) is 2.93. The van der Waals surface area contributed by atoms with Crippen molar-refractivity contribution in [1.29, 1.82) is 5.26 Å². The number of esters is 1. The van der Waals surface area contributed by atoms with Gasteiger partial charge in [-0.15, -0.1) is 0 Å². The van der Waals surface area contributed by atoms with Crippen LogP contribution >= 0.6 is 0 Å². The van der Waals surface area contributed by atoms with Crippen molar-refractivity contribution in [2.45, 2.75) is 26.2 Å². The molecule has 0 N–H and O–H groups in total. The fourth-order valence-electron chi connectivity index (χ4n) is 1.80. The van der Waals surface area contributed by atoms with E-state index in [9.17, 15) is 4.79 Å². The van der Waals surface area contributed by atoms with E-state index in [1.165, 1.54) is 17.2 Å². The normalized spacial score (nSPS) is 19.1. The van der Waals surface area contributed by atoms with Crippen LogP contribution in [-0.4, -0.2) is 27.5 Å². The first-order chi connectivity index (χ1) is 8.63. The average molecular weight is 310 g/mol. The van der Waals surface area contributed by atoms with Crippen LogP contribution in [0, 0.1) is 16.1 Å². The summed E-state index contributed by atoms with van der Waals surface area (Å²) >= 11 is -0.266. The molecule has 4 heteroatoms. The maximum atomic E-state index is 11.3. The number of allylic oxidation sites excluding steroid dienone is 2. The van der Waals surface area contributed by atoms with E-state index in [2.05, 4.69) is 19.6 Å². The van der Waals surface area contributed by atoms with Crippen molar-refractivity contribution in [3.63, 3.8) is 0 Å². The van der Waals surface area contributed by atoms with Crippen molar-refractivity contribution in [3.05, 3.63) is 34.9 Å². The molecule has 0 bridgehead atoms. The van der Waals surface area contributed by atoms with Crippen molar-refractivity contribution in [2.24, 2.45) is 5.92 Å². The topological polar surface area (TPSA) is 50.1 Å². The van der Waals surface area contributed by atoms with E-state index in [4.69, 9.17) is 10.00 Å². The molecule has 0 saturated heterocycles. The zero-order chi connectivity index (χ0) is 13.4. The Morgan fingerprint density at radius 3 is 3.11 bits per heavy atom. The second-order valence-corrected chi connectivity index (χ2v) is 5.75. The van der Waals surface area contributed by atoms with Gasteiger partial charge in [0.15, 0.2) is 0 Å². The molecule has 1 aliphatic rings. The summed E-state index contributed by atoms with van der Waals surface area (Å²) < 4.78 is 5.11. The van der Waals surface area contributed by atoms with Crippen molar-refractivity contribution >= 4 is 20.9 Å². The van der Waals surface area contributed by atoms with Crippen LogP contribution in [0.5, 0.6) is 0 Å². The molecule has 0 saturated carbocycles. The van der Waals surface area contributed by atoms with Crippen LogP contribution in [0.2, 0.25) is 0 Å². The van der Waals surface area contributed by atoms with Crippen molar-refractivity contribution in [2.75, 3.05) is 6.61 Å². The van der Waals surface area contributed by atoms with Crippen LogP contribution in [0.1, 0.15) is 26.2 Å². The summed E-state index contributed by atoms with van der Waals surface area (Å²) in [6.07, 6.45) is 6.54. The SMILES string of the molecule is C=C(C)C1CC=C(COC(=O)/C=C\[Se]C#N)CC1. The van der Waals surface area contributed by atoms with Gasteiger partial charge in [-0.05, 0) is 0 Å². The summed E-state index contributed by atoms with van der Waals surface area (Å²) in [6.45, 7) is 6.40. The Kier molecular flexibility index (Phi) is 6.49. The zero-order valence-corrected chi connectivity index (χ0v) is 12.2. The van der Waals surface area contributed by atoms with E-state index in [0.717, 1.165) is 19.3 Å². The monoisotopic (exact) mass is 311 g/mol. The first-order valence-electron chi connectivity index (χ1n) is 5.85. The number of carbonyl (C=O) groups is 1. The van der Waals surface area contributed by atoms with Gasteiger partial charge in [0.2, 0.25) is 0 Å². The van der Waals surface area contributed by atoms with Crippen LogP contribution in [0.4, 0.5) is 0 Å². The Hall–Kier alpha value is -1.30. The molecule has 1 rings (SSSR count). The molecule has 0 heterocycles. The molecule has 0 fully saturated rings. The Labute approximate surface area is 114 Å². The van der Waals surface area contributed by atoms with E-state index in [0.29, 0.717) is 12.5 Å². The first kappa shape index (κ1) is 14.8. The fraction of sp³-hybridized carbons (Fsp3) is 0.429. The molecule has 18 heavy (non-hydrogen) atoms. The minimum absolute atomic E-state index is 0.266. The number of ether oxygens (including phenoxy) is 1. The predicted molar refractivity (Wildman–Crippen MR) is 71.7 cm³/mol. The molecule has 0 aromatic heterocycles. The quantitative estimate of drug-likeness (QED) is 0.339. The molecule has 1 atom stereocenters. The molecule has 0 radical (unpaired) electrons. The summed E-state index contributed by atoms with van der Waals surface area (Å²) in [5.41, 5.74) is 2.41. The number of hydrogen-bond donors (Lipinski definition) is 0. The maximum absolute atomic E-state index is 11.3. The van der Waals surface area contributed by atoms with Gasteiger partial charge in [0.1, 0.15) is 0 Å². The van der Waals surface area contributed by atoms with Gasteiger partial charge in [-0.2, -0.15) is 0 Å². The van der Waals surface area contributed by atoms with Gasteiger partial charge in [-0.25, -0.2) is 0 Å². The fourth-order valence-corrected chi connectivity index (χ4v) is 2.30. The summed E-state index contributed by atoms with van der Waals surface area (Å²) in [6, 6.07) is 0. The van der Waals surface area contributed by atoms with Gasteiger partial charge in [-0.3, -0.25) is 0 Å². The molecule has 0 aromatic carbocycles. The summed E-state index contributed by atoms with van der Waals surface area (Å²) in [4.78, 5) is 14.8. The number of carbonyl (C=O) groups excluding carboxylic acids is 1. The van der Waals surface area contributed by atoms with Gasteiger partial charge in [-0.1, -0.05) is 0 Å². The Morgan fingerprint density at radius 1 is 1.78 bits per heavy atom. The number of nitriles is 1. The van der Waals surface area contributed by atoms with Crippen LogP contribution in [0.15, 0.2) is 34.9 Å². The second-order valence-electron chi connectivity index (χ2n) is 4.30. The molecule has 96 valence electrons. The Morgan fingerprint density at radius 2 is 2.56 bits per heavy atom. The molecule has 0 aliphatic heterocycles. The molecule has 1 aliphatic carbocycles. The molecular weight excluding hydrogens is 293 g/mol. The molecule has 3 nitrogen and oxygen atoms in total. The van der Waals surface area contributed by atoms with Crippen molar-refractivity contribution < 1.29 is 9.53 Å². The average Bonchev–Trinajstić information content (AvgIpc) is 2.37. The van der Waals surface area contributed by atoms with Gasteiger partial charge in [0.25, 0.3) is 0 Å². The zero-order valence-electron chi connectivity index (χ0n) is 10.5. The van der Waals surface area contributed by atoms with Crippen molar-refractivity contribution in [3.8, 4) is 4.97 Å². The molecule has 0 aromatic rings. The third-order valence-corrected chi connectivity index (χ3v) is 3.72. The van der Waals surface area contributed by atoms with E-state index in [1.807, 2.05) is 4.97 Å². The van der Waals surface area contributed by atoms with Crippen LogP contribution in [0.3, 0.4) is 0 Å². The van der Waals surface area contributed by atoms with Crippen LogP contribution in [-0.2, 0) is 9.53 Å². The van der Waals surface area contributed by atoms with Gasteiger partial charge >= 0.3 is 114 Å². The Balaban J connectivity index is 2.31. The summed E-state index contributed by atoms with van der Waals surface area (Å²) in [7, 11) is 0. The first-order valence-corrected chi connectivity index (χ1v) is 7.69. The van der Waals surface area contributed by atoms with E-state index in [1.54, 1.807) is 4.97 Å². The molecular formula is C14H17NO2Se. The third kappa shape index (κ3) is 5.35.